The van der Waals surface area contributed by atoms with Crippen molar-refractivity contribution >= 4 is 21.4 Å². The second kappa shape index (κ2) is 5.30. The van der Waals surface area contributed by atoms with Gasteiger partial charge in [-0.1, -0.05) is 6.07 Å². The van der Waals surface area contributed by atoms with Gasteiger partial charge in [0.1, 0.15) is 0 Å². The molecule has 1 aromatic carbocycles. The van der Waals surface area contributed by atoms with Crippen LogP contribution in [0.4, 0.5) is 5.69 Å². The van der Waals surface area contributed by atoms with Gasteiger partial charge in [0, 0.05) is 24.2 Å². The number of hydrogen-bond donors (Lipinski definition) is 2. The summed E-state index contributed by atoms with van der Waals surface area (Å²) in [5.74, 6) is -0.438. The number of nitrogens with one attached hydrogen (secondary N) is 2. The van der Waals surface area contributed by atoms with Crippen LogP contribution in [0.25, 0.3) is 0 Å². The average molecular weight is 292 g/mol. The van der Waals surface area contributed by atoms with Gasteiger partial charge in [-0.25, -0.2) is 8.42 Å². The quantitative estimate of drug-likeness (QED) is 0.883. The molecule has 0 saturated heterocycles. The molecule has 0 bridgehead atoms. The minimum Gasteiger partial charge on any atom is -0.328 e. The normalized spacial score (nSPS) is 11.1. The third-order valence-corrected chi connectivity index (χ3v) is 3.68. The van der Waals surface area contributed by atoms with Gasteiger partial charge in [0.15, 0.2) is 9.84 Å². The third-order valence-electron chi connectivity index (χ3n) is 2.57. The smallest absolute Gasteiger partial charge is 0.257 e. The lowest BCUT2D eigenvalue weighted by molar-refractivity contribution is 0.102. The van der Waals surface area contributed by atoms with Crippen molar-refractivity contribution in [2.75, 3.05) is 11.6 Å². The molecule has 6 nitrogen and oxygen atoms in total. The van der Waals surface area contributed by atoms with E-state index in [1.54, 1.807) is 12.1 Å². The number of amides is 1. The van der Waals surface area contributed by atoms with E-state index in [4.69, 9.17) is 0 Å². The zero-order valence-corrected chi connectivity index (χ0v) is 11.4. The van der Waals surface area contributed by atoms with Crippen LogP contribution < -0.4 is 10.9 Å². The van der Waals surface area contributed by atoms with Crippen LogP contribution >= 0.6 is 0 Å². The first kappa shape index (κ1) is 14.0. The Morgan fingerprint density at radius 2 is 1.95 bits per heavy atom. The number of rotatable bonds is 3. The highest BCUT2D eigenvalue weighted by Gasteiger charge is 2.10. The molecule has 2 aromatic rings. The second-order valence-corrected chi connectivity index (χ2v) is 6.21. The molecule has 1 aromatic heterocycles. The number of carbonyl (C=O) groups excluding carboxylic acids is 1. The minimum absolute atomic E-state index is 0.122. The van der Waals surface area contributed by atoms with Crippen LogP contribution in [0, 0.1) is 0 Å². The van der Waals surface area contributed by atoms with Crippen LogP contribution in [0.1, 0.15) is 10.4 Å². The van der Waals surface area contributed by atoms with Crippen molar-refractivity contribution < 1.29 is 13.2 Å². The molecule has 0 fully saturated rings. The zero-order chi connectivity index (χ0) is 14.8. The van der Waals surface area contributed by atoms with Gasteiger partial charge in [0.25, 0.3) is 5.91 Å². The highest BCUT2D eigenvalue weighted by atomic mass is 32.2. The van der Waals surface area contributed by atoms with E-state index in [2.05, 4.69) is 10.3 Å². The van der Waals surface area contributed by atoms with E-state index in [1.165, 1.54) is 30.5 Å². The molecule has 2 rings (SSSR count). The lowest BCUT2D eigenvalue weighted by Gasteiger charge is -2.06. The summed E-state index contributed by atoms with van der Waals surface area (Å²) in [5, 5.41) is 2.56. The van der Waals surface area contributed by atoms with Gasteiger partial charge in [0.2, 0.25) is 5.56 Å². The molecule has 0 aliphatic heterocycles. The Hall–Kier alpha value is -2.41. The largest absolute Gasteiger partial charge is 0.328 e. The number of hydrogen-bond acceptors (Lipinski definition) is 4. The molecular formula is C13H12N2O4S. The third kappa shape index (κ3) is 3.33. The Labute approximate surface area is 115 Å². The van der Waals surface area contributed by atoms with Crippen molar-refractivity contribution in [2.45, 2.75) is 4.90 Å². The fourth-order valence-electron chi connectivity index (χ4n) is 1.56. The molecule has 104 valence electrons. The van der Waals surface area contributed by atoms with Gasteiger partial charge in [-0.3, -0.25) is 9.59 Å². The number of carbonyl (C=O) groups is 1. The highest BCUT2D eigenvalue weighted by Crippen LogP contribution is 2.15. The van der Waals surface area contributed by atoms with Gasteiger partial charge in [0.05, 0.1) is 10.5 Å². The van der Waals surface area contributed by atoms with Crippen LogP contribution in [0.15, 0.2) is 52.3 Å². The van der Waals surface area contributed by atoms with Crippen molar-refractivity contribution in [1.82, 2.24) is 4.98 Å². The fraction of sp³-hybridized carbons (Fsp3) is 0.0769. The monoisotopic (exact) mass is 292 g/mol. The van der Waals surface area contributed by atoms with E-state index in [-0.39, 0.29) is 16.0 Å². The number of aromatic nitrogens is 1. The van der Waals surface area contributed by atoms with Crippen molar-refractivity contribution in [3.05, 3.63) is 58.5 Å². The predicted molar refractivity (Wildman–Crippen MR) is 74.6 cm³/mol. The van der Waals surface area contributed by atoms with Gasteiger partial charge in [-0.2, -0.15) is 0 Å². The lowest BCUT2D eigenvalue weighted by Crippen LogP contribution is -2.14. The maximum atomic E-state index is 11.9. The van der Waals surface area contributed by atoms with Crippen molar-refractivity contribution in [3.8, 4) is 0 Å². The van der Waals surface area contributed by atoms with Gasteiger partial charge >= 0.3 is 0 Å². The summed E-state index contributed by atoms with van der Waals surface area (Å²) in [6, 6.07) is 8.57. The lowest BCUT2D eigenvalue weighted by atomic mass is 10.2. The molecule has 0 aliphatic rings. The van der Waals surface area contributed by atoms with E-state index < -0.39 is 15.7 Å². The van der Waals surface area contributed by atoms with Crippen LogP contribution in [-0.4, -0.2) is 25.6 Å². The second-order valence-electron chi connectivity index (χ2n) is 4.20. The summed E-state index contributed by atoms with van der Waals surface area (Å²) in [6.07, 6.45) is 2.38. The Morgan fingerprint density at radius 1 is 1.20 bits per heavy atom. The highest BCUT2D eigenvalue weighted by molar-refractivity contribution is 7.90. The molecule has 0 spiro atoms. The number of benzene rings is 1. The van der Waals surface area contributed by atoms with Crippen LogP contribution in [0.3, 0.4) is 0 Å². The molecule has 7 heteroatoms. The first-order chi connectivity index (χ1) is 9.36. The number of anilines is 1. The summed E-state index contributed by atoms with van der Waals surface area (Å²) in [5.41, 5.74) is 0.333. The fourth-order valence-corrected chi connectivity index (χ4v) is 2.23. The number of pyridine rings is 1. The van der Waals surface area contributed by atoms with Crippen molar-refractivity contribution in [1.29, 1.82) is 0 Å². The molecule has 1 heterocycles. The molecule has 0 radical (unpaired) electrons. The summed E-state index contributed by atoms with van der Waals surface area (Å²) in [4.78, 5) is 25.3. The van der Waals surface area contributed by atoms with Crippen LogP contribution in [-0.2, 0) is 9.84 Å². The molecule has 0 unspecified atom stereocenters. The van der Waals surface area contributed by atoms with E-state index in [9.17, 15) is 18.0 Å². The van der Waals surface area contributed by atoms with E-state index in [0.29, 0.717) is 5.69 Å². The van der Waals surface area contributed by atoms with Gasteiger partial charge in [-0.15, -0.1) is 0 Å². The van der Waals surface area contributed by atoms with E-state index in [0.717, 1.165) is 6.26 Å². The van der Waals surface area contributed by atoms with Crippen LogP contribution in [0.2, 0.25) is 0 Å². The Morgan fingerprint density at radius 3 is 2.55 bits per heavy atom. The average Bonchev–Trinajstić information content (AvgIpc) is 2.38. The maximum absolute atomic E-state index is 11.9. The molecule has 0 atom stereocenters. The first-order valence-electron chi connectivity index (χ1n) is 5.66. The summed E-state index contributed by atoms with van der Waals surface area (Å²) >= 11 is 0. The molecular weight excluding hydrogens is 280 g/mol. The predicted octanol–water partition coefficient (Wildman–Crippen LogP) is 1.03. The molecule has 0 saturated carbocycles. The van der Waals surface area contributed by atoms with E-state index in [1.807, 2.05) is 0 Å². The first-order valence-corrected chi connectivity index (χ1v) is 7.55. The maximum Gasteiger partial charge on any atom is 0.257 e. The number of H-pyrrole nitrogens is 1. The van der Waals surface area contributed by atoms with Crippen molar-refractivity contribution in [3.63, 3.8) is 0 Å². The summed E-state index contributed by atoms with van der Waals surface area (Å²) < 4.78 is 22.9. The van der Waals surface area contributed by atoms with Crippen LogP contribution in [0.5, 0.6) is 0 Å². The number of aromatic amines is 1. The SMILES string of the molecule is CS(=O)(=O)c1cccc(NC(=O)c2ccc(=O)[nH]c2)c1. The van der Waals surface area contributed by atoms with Gasteiger partial charge < -0.3 is 10.3 Å². The zero-order valence-electron chi connectivity index (χ0n) is 10.6. The minimum atomic E-state index is -3.33. The standard InChI is InChI=1S/C13H12N2O4S/c1-20(18,19)11-4-2-3-10(7-11)15-13(17)9-5-6-12(16)14-8-9/h2-8H,1H3,(H,14,16)(H,15,17). The molecule has 2 N–H and O–H groups in total. The van der Waals surface area contributed by atoms with Gasteiger partial charge in [-0.05, 0) is 24.3 Å². The molecule has 1 amide bonds. The van der Waals surface area contributed by atoms with Crippen molar-refractivity contribution in [2.24, 2.45) is 0 Å². The number of sulfone groups is 1. The molecule has 0 aliphatic carbocycles. The topological polar surface area (TPSA) is 96.1 Å². The molecule has 20 heavy (non-hydrogen) atoms. The Kier molecular flexibility index (Phi) is 3.71. The van der Waals surface area contributed by atoms with E-state index >= 15 is 0 Å². The Bertz CT molecular complexity index is 789. The summed E-state index contributed by atoms with van der Waals surface area (Å²) in [6.45, 7) is 0. The summed E-state index contributed by atoms with van der Waals surface area (Å²) in [7, 11) is -3.33. The Balaban J connectivity index is 2.24.